The second-order valence-corrected chi connectivity index (χ2v) is 9.30. The van der Waals surface area contributed by atoms with E-state index in [0.29, 0.717) is 30.3 Å². The van der Waals surface area contributed by atoms with Gasteiger partial charge in [0, 0.05) is 45.6 Å². The summed E-state index contributed by atoms with van der Waals surface area (Å²) < 4.78 is 0. The molecule has 2 aliphatic heterocycles. The average molecular weight is 456 g/mol. The predicted molar refractivity (Wildman–Crippen MR) is 125 cm³/mol. The molecule has 0 aliphatic carbocycles. The van der Waals surface area contributed by atoms with Crippen molar-refractivity contribution >= 4 is 40.0 Å². The SMILES string of the molecule is CC(=O)Nc1nc(N2CCC(C(=O)NCc3ccccc3)CC2)sc1C(=O)N1CCCC1. The van der Waals surface area contributed by atoms with Crippen molar-refractivity contribution in [3.05, 3.63) is 40.8 Å². The van der Waals surface area contributed by atoms with Crippen LogP contribution in [0.1, 0.15) is 47.8 Å². The standard InChI is InChI=1S/C23H29N5O3S/c1-16(29)25-20-19(22(31)27-11-5-6-12-27)32-23(26-20)28-13-9-18(10-14-28)21(30)24-15-17-7-3-2-4-8-17/h2-4,7-8,18H,5-6,9-15H2,1H3,(H,24,30)(H,25,29). The van der Waals surface area contributed by atoms with Crippen LogP contribution in [-0.4, -0.2) is 53.8 Å². The maximum absolute atomic E-state index is 12.9. The van der Waals surface area contributed by atoms with Crippen LogP contribution in [0.25, 0.3) is 0 Å². The van der Waals surface area contributed by atoms with E-state index < -0.39 is 0 Å². The molecular formula is C23H29N5O3S. The smallest absolute Gasteiger partial charge is 0.267 e. The first-order valence-corrected chi connectivity index (χ1v) is 12.0. The number of likely N-dealkylation sites (tertiary alicyclic amines) is 1. The van der Waals surface area contributed by atoms with Crippen LogP contribution >= 0.6 is 11.3 Å². The van der Waals surface area contributed by atoms with Crippen LogP contribution in [0.4, 0.5) is 10.9 Å². The zero-order chi connectivity index (χ0) is 22.5. The maximum Gasteiger partial charge on any atom is 0.267 e. The van der Waals surface area contributed by atoms with Crippen LogP contribution < -0.4 is 15.5 Å². The lowest BCUT2D eigenvalue weighted by Gasteiger charge is -2.31. The number of aromatic nitrogens is 1. The van der Waals surface area contributed by atoms with Crippen LogP contribution in [0.15, 0.2) is 30.3 Å². The summed E-state index contributed by atoms with van der Waals surface area (Å²) in [5, 5.41) is 6.48. The molecule has 3 heterocycles. The van der Waals surface area contributed by atoms with Gasteiger partial charge in [-0.15, -0.1) is 0 Å². The molecule has 0 atom stereocenters. The van der Waals surface area contributed by atoms with Crippen molar-refractivity contribution in [1.82, 2.24) is 15.2 Å². The molecule has 2 N–H and O–H groups in total. The molecule has 170 valence electrons. The average Bonchev–Trinajstić information content (AvgIpc) is 3.48. The fourth-order valence-corrected chi connectivity index (χ4v) is 5.21. The second kappa shape index (κ2) is 10.1. The number of benzene rings is 1. The molecule has 2 fully saturated rings. The molecule has 2 aliphatic rings. The van der Waals surface area contributed by atoms with E-state index in [1.54, 1.807) is 0 Å². The molecule has 8 nitrogen and oxygen atoms in total. The van der Waals surface area contributed by atoms with E-state index in [2.05, 4.69) is 20.5 Å². The normalized spacial score (nSPS) is 16.8. The van der Waals surface area contributed by atoms with Gasteiger partial charge in [-0.05, 0) is 31.2 Å². The van der Waals surface area contributed by atoms with E-state index >= 15 is 0 Å². The number of hydrogen-bond acceptors (Lipinski definition) is 6. The number of carbonyl (C=O) groups excluding carboxylic acids is 3. The van der Waals surface area contributed by atoms with Gasteiger partial charge in [-0.25, -0.2) is 4.98 Å². The van der Waals surface area contributed by atoms with Crippen LogP contribution in [0.2, 0.25) is 0 Å². The number of anilines is 2. The molecule has 3 amide bonds. The van der Waals surface area contributed by atoms with Gasteiger partial charge in [-0.1, -0.05) is 41.7 Å². The van der Waals surface area contributed by atoms with E-state index in [1.807, 2.05) is 35.2 Å². The molecule has 9 heteroatoms. The van der Waals surface area contributed by atoms with Crippen LogP contribution in [0.3, 0.4) is 0 Å². The zero-order valence-electron chi connectivity index (χ0n) is 18.3. The highest BCUT2D eigenvalue weighted by molar-refractivity contribution is 7.18. The zero-order valence-corrected chi connectivity index (χ0v) is 19.1. The van der Waals surface area contributed by atoms with E-state index in [1.165, 1.54) is 18.3 Å². The lowest BCUT2D eigenvalue weighted by atomic mass is 9.96. The Morgan fingerprint density at radius 2 is 1.75 bits per heavy atom. The van der Waals surface area contributed by atoms with E-state index in [-0.39, 0.29) is 23.6 Å². The predicted octanol–water partition coefficient (Wildman–Crippen LogP) is 2.87. The Morgan fingerprint density at radius 3 is 2.41 bits per heavy atom. The summed E-state index contributed by atoms with van der Waals surface area (Å²) in [5.74, 6) is 0.0836. The first kappa shape index (κ1) is 22.3. The van der Waals surface area contributed by atoms with Crippen LogP contribution in [-0.2, 0) is 16.1 Å². The number of thiazole rings is 1. The quantitative estimate of drug-likeness (QED) is 0.699. The van der Waals surface area contributed by atoms with Gasteiger partial charge in [-0.3, -0.25) is 14.4 Å². The molecule has 32 heavy (non-hydrogen) atoms. The Labute approximate surface area is 192 Å². The van der Waals surface area contributed by atoms with Gasteiger partial charge in [0.15, 0.2) is 10.9 Å². The van der Waals surface area contributed by atoms with Crippen LogP contribution in [0, 0.1) is 5.92 Å². The van der Waals surface area contributed by atoms with E-state index in [9.17, 15) is 14.4 Å². The third-order valence-electron chi connectivity index (χ3n) is 5.94. The number of piperidine rings is 1. The van der Waals surface area contributed by atoms with Gasteiger partial charge in [-0.2, -0.15) is 0 Å². The molecule has 2 aromatic rings. The third kappa shape index (κ3) is 5.27. The fourth-order valence-electron chi connectivity index (χ4n) is 4.17. The van der Waals surface area contributed by atoms with Crippen molar-refractivity contribution in [3.63, 3.8) is 0 Å². The Bertz CT molecular complexity index is 963. The van der Waals surface area contributed by atoms with Gasteiger partial charge >= 0.3 is 0 Å². The molecular weight excluding hydrogens is 426 g/mol. The minimum atomic E-state index is -0.244. The van der Waals surface area contributed by atoms with Crippen molar-refractivity contribution in [3.8, 4) is 0 Å². The van der Waals surface area contributed by atoms with Gasteiger partial charge in [0.1, 0.15) is 4.88 Å². The van der Waals surface area contributed by atoms with E-state index in [0.717, 1.165) is 49.5 Å². The van der Waals surface area contributed by atoms with Crippen molar-refractivity contribution in [2.45, 2.75) is 39.2 Å². The highest BCUT2D eigenvalue weighted by atomic mass is 32.1. The molecule has 0 unspecified atom stereocenters. The van der Waals surface area contributed by atoms with Crippen molar-refractivity contribution < 1.29 is 14.4 Å². The molecule has 4 rings (SSSR count). The number of nitrogens with zero attached hydrogens (tertiary/aromatic N) is 3. The summed E-state index contributed by atoms with van der Waals surface area (Å²) >= 11 is 1.33. The Morgan fingerprint density at radius 1 is 1.06 bits per heavy atom. The lowest BCUT2D eigenvalue weighted by molar-refractivity contribution is -0.125. The third-order valence-corrected chi connectivity index (χ3v) is 7.05. The van der Waals surface area contributed by atoms with E-state index in [4.69, 9.17) is 0 Å². The fraction of sp³-hybridized carbons (Fsp3) is 0.478. The number of hydrogen-bond donors (Lipinski definition) is 2. The first-order valence-electron chi connectivity index (χ1n) is 11.2. The highest BCUT2D eigenvalue weighted by Gasteiger charge is 2.30. The van der Waals surface area contributed by atoms with Crippen molar-refractivity contribution in [2.75, 3.05) is 36.4 Å². The first-order chi connectivity index (χ1) is 15.5. The number of rotatable bonds is 6. The lowest BCUT2D eigenvalue weighted by Crippen LogP contribution is -2.40. The minimum Gasteiger partial charge on any atom is -0.352 e. The molecule has 1 aromatic heterocycles. The summed E-state index contributed by atoms with van der Waals surface area (Å²) in [6, 6.07) is 9.89. The molecule has 1 aromatic carbocycles. The minimum absolute atomic E-state index is 0.0320. The monoisotopic (exact) mass is 455 g/mol. The summed E-state index contributed by atoms with van der Waals surface area (Å²) in [4.78, 5) is 46.2. The Hall–Kier alpha value is -2.94. The topological polar surface area (TPSA) is 94.6 Å². The number of carbonyl (C=O) groups is 3. The highest BCUT2D eigenvalue weighted by Crippen LogP contribution is 2.34. The summed E-state index contributed by atoms with van der Waals surface area (Å²) in [6.45, 7) is 4.82. The summed E-state index contributed by atoms with van der Waals surface area (Å²) in [7, 11) is 0. The van der Waals surface area contributed by atoms with Crippen molar-refractivity contribution in [2.24, 2.45) is 5.92 Å². The molecule has 0 radical (unpaired) electrons. The van der Waals surface area contributed by atoms with Crippen LogP contribution in [0.5, 0.6) is 0 Å². The molecule has 0 spiro atoms. The largest absolute Gasteiger partial charge is 0.352 e. The molecule has 2 saturated heterocycles. The number of nitrogens with one attached hydrogen (secondary N) is 2. The van der Waals surface area contributed by atoms with Gasteiger partial charge in [0.25, 0.3) is 5.91 Å². The molecule has 0 saturated carbocycles. The second-order valence-electron chi connectivity index (χ2n) is 8.32. The van der Waals surface area contributed by atoms with Gasteiger partial charge in [0.2, 0.25) is 11.8 Å². The Balaban J connectivity index is 1.37. The maximum atomic E-state index is 12.9. The van der Waals surface area contributed by atoms with Gasteiger partial charge < -0.3 is 20.4 Å². The summed E-state index contributed by atoms with van der Waals surface area (Å²) in [5.41, 5.74) is 1.08. The summed E-state index contributed by atoms with van der Waals surface area (Å²) in [6.07, 6.45) is 3.47. The van der Waals surface area contributed by atoms with Crippen molar-refractivity contribution in [1.29, 1.82) is 0 Å². The Kier molecular flexibility index (Phi) is 7.04. The number of amides is 3. The van der Waals surface area contributed by atoms with Gasteiger partial charge in [0.05, 0.1) is 0 Å². The molecule has 0 bridgehead atoms.